The maximum atomic E-state index is 14.2. The topological polar surface area (TPSA) is 74.4 Å². The molecule has 2 saturated heterocycles. The fraction of sp³-hybridized carbons (Fsp3) is 0.769. The van der Waals surface area contributed by atoms with E-state index in [0.717, 1.165) is 38.1 Å². The van der Waals surface area contributed by atoms with Crippen LogP contribution in [0.25, 0.3) is 0 Å². The average Bonchev–Trinajstić information content (AvgIpc) is 2.35. The molecule has 0 radical (unpaired) electrons. The lowest BCUT2D eigenvalue weighted by molar-refractivity contribution is -0.0814. The summed E-state index contributed by atoms with van der Waals surface area (Å²) in [6.45, 7) is 4.74. The van der Waals surface area contributed by atoms with E-state index < -0.39 is 6.17 Å². The number of piperidine rings is 1. The quantitative estimate of drug-likeness (QED) is 0.640. The molecule has 0 aliphatic carbocycles. The third-order valence-corrected chi connectivity index (χ3v) is 3.93. The number of nitrogens with one attached hydrogen (secondary N) is 2. The van der Waals surface area contributed by atoms with Crippen LogP contribution in [0, 0.1) is 5.41 Å². The predicted octanol–water partition coefficient (Wildman–Crippen LogP) is 0.617. The van der Waals surface area contributed by atoms with Gasteiger partial charge in [0, 0.05) is 25.0 Å². The number of rotatable bonds is 5. The highest BCUT2D eigenvalue weighted by molar-refractivity contribution is 5.75. The SMILES string of the molecule is CC/C(NC1CCN(C2COC2)CC1F)=C(\N)C=N. The monoisotopic (exact) mass is 270 g/mol. The number of likely N-dealkylation sites (tertiary alicyclic amines) is 1. The first-order valence-corrected chi connectivity index (χ1v) is 6.87. The van der Waals surface area contributed by atoms with Crippen molar-refractivity contribution >= 4 is 6.21 Å². The molecule has 5 nitrogen and oxygen atoms in total. The molecule has 0 saturated carbocycles. The van der Waals surface area contributed by atoms with Crippen molar-refractivity contribution < 1.29 is 9.13 Å². The van der Waals surface area contributed by atoms with E-state index in [1.807, 2.05) is 6.92 Å². The molecule has 6 heteroatoms. The van der Waals surface area contributed by atoms with Crippen molar-refractivity contribution in [1.82, 2.24) is 10.2 Å². The van der Waals surface area contributed by atoms with Crippen molar-refractivity contribution in [2.45, 2.75) is 38.0 Å². The number of hydrogen-bond acceptors (Lipinski definition) is 5. The molecule has 0 bridgehead atoms. The van der Waals surface area contributed by atoms with Gasteiger partial charge in [0.05, 0.1) is 31.0 Å². The molecule has 2 rings (SSSR count). The Morgan fingerprint density at radius 1 is 1.58 bits per heavy atom. The van der Waals surface area contributed by atoms with Crippen molar-refractivity contribution in [2.24, 2.45) is 5.73 Å². The summed E-state index contributed by atoms with van der Waals surface area (Å²) in [5, 5.41) is 10.3. The van der Waals surface area contributed by atoms with Gasteiger partial charge in [0.2, 0.25) is 0 Å². The highest BCUT2D eigenvalue weighted by Crippen LogP contribution is 2.21. The minimum absolute atomic E-state index is 0.203. The highest BCUT2D eigenvalue weighted by atomic mass is 19.1. The normalized spacial score (nSPS) is 30.4. The third-order valence-electron chi connectivity index (χ3n) is 3.93. The molecule has 19 heavy (non-hydrogen) atoms. The molecule has 2 atom stereocenters. The van der Waals surface area contributed by atoms with Crippen molar-refractivity contribution in [3.8, 4) is 0 Å². The van der Waals surface area contributed by atoms with E-state index in [9.17, 15) is 4.39 Å². The maximum Gasteiger partial charge on any atom is 0.133 e. The van der Waals surface area contributed by atoms with Crippen LogP contribution in [0.3, 0.4) is 0 Å². The summed E-state index contributed by atoms with van der Waals surface area (Å²) in [5.41, 5.74) is 6.88. The number of alkyl halides is 1. The Balaban J connectivity index is 1.90. The maximum absolute atomic E-state index is 14.2. The zero-order chi connectivity index (χ0) is 13.8. The number of hydrogen-bond donors (Lipinski definition) is 3. The minimum Gasteiger partial charge on any atom is -0.396 e. The molecule has 108 valence electrons. The van der Waals surface area contributed by atoms with E-state index in [1.165, 1.54) is 0 Å². The molecule has 4 N–H and O–H groups in total. The molecule has 2 fully saturated rings. The van der Waals surface area contributed by atoms with Gasteiger partial charge in [-0.25, -0.2) is 4.39 Å². The van der Waals surface area contributed by atoms with Gasteiger partial charge >= 0.3 is 0 Å². The number of ether oxygens (including phenoxy) is 1. The Bertz CT molecular complexity index is 357. The highest BCUT2D eigenvalue weighted by Gasteiger charge is 2.35. The van der Waals surface area contributed by atoms with Crippen molar-refractivity contribution in [3.63, 3.8) is 0 Å². The van der Waals surface area contributed by atoms with Gasteiger partial charge in [-0.15, -0.1) is 0 Å². The van der Waals surface area contributed by atoms with Gasteiger partial charge < -0.3 is 21.2 Å². The summed E-state index contributed by atoms with van der Waals surface area (Å²) in [6.07, 6.45) is 1.64. The van der Waals surface area contributed by atoms with Crippen LogP contribution in [0.5, 0.6) is 0 Å². The van der Waals surface area contributed by atoms with Crippen LogP contribution < -0.4 is 11.1 Å². The molecule has 2 heterocycles. The van der Waals surface area contributed by atoms with Gasteiger partial charge in [-0.2, -0.15) is 0 Å². The lowest BCUT2D eigenvalue weighted by atomic mass is 10.00. The molecule has 2 aliphatic heterocycles. The second-order valence-electron chi connectivity index (χ2n) is 5.17. The standard InChI is InChI=1S/C13H23FN4O/c1-2-12(11(16)5-15)17-13-3-4-18(6-10(13)14)9-7-19-8-9/h5,9-10,13,15,17H,2-4,6-8,16H2,1H3/b12-11+,15-5?. The Morgan fingerprint density at radius 3 is 2.79 bits per heavy atom. The van der Waals surface area contributed by atoms with Crippen LogP contribution in [0.15, 0.2) is 11.4 Å². The second-order valence-corrected chi connectivity index (χ2v) is 5.17. The van der Waals surface area contributed by atoms with Crippen LogP contribution in [0.4, 0.5) is 4.39 Å². The Kier molecular flexibility index (Phi) is 4.76. The largest absolute Gasteiger partial charge is 0.396 e. The lowest BCUT2D eigenvalue weighted by Crippen LogP contribution is -2.58. The van der Waals surface area contributed by atoms with E-state index in [4.69, 9.17) is 15.9 Å². The van der Waals surface area contributed by atoms with Gasteiger partial charge in [-0.3, -0.25) is 4.90 Å². The zero-order valence-corrected chi connectivity index (χ0v) is 11.4. The van der Waals surface area contributed by atoms with E-state index in [-0.39, 0.29) is 6.04 Å². The number of nitrogens with zero attached hydrogens (tertiary/aromatic N) is 1. The van der Waals surface area contributed by atoms with Crippen LogP contribution in [0.2, 0.25) is 0 Å². The van der Waals surface area contributed by atoms with Crippen LogP contribution in [-0.2, 0) is 4.74 Å². The second kappa shape index (κ2) is 6.34. The zero-order valence-electron chi connectivity index (χ0n) is 11.4. The van der Waals surface area contributed by atoms with E-state index in [0.29, 0.717) is 24.7 Å². The molecule has 0 aromatic carbocycles. The Labute approximate surface area is 113 Å². The third kappa shape index (κ3) is 3.25. The molecule has 0 aromatic heterocycles. The summed E-state index contributed by atoms with van der Waals surface area (Å²) in [4.78, 5) is 2.17. The van der Waals surface area contributed by atoms with Crippen molar-refractivity contribution in [1.29, 1.82) is 5.41 Å². The van der Waals surface area contributed by atoms with Gasteiger partial charge in [0.15, 0.2) is 0 Å². The first-order chi connectivity index (χ1) is 9.15. The number of halogens is 1. The predicted molar refractivity (Wildman–Crippen MR) is 72.9 cm³/mol. The molecule has 2 aliphatic rings. The summed E-state index contributed by atoms with van der Waals surface area (Å²) in [5.74, 6) is 0. The average molecular weight is 270 g/mol. The molecule has 0 aromatic rings. The summed E-state index contributed by atoms with van der Waals surface area (Å²) in [6, 6.07) is 0.192. The molecule has 0 amide bonds. The first-order valence-electron chi connectivity index (χ1n) is 6.87. The molecule has 2 unspecified atom stereocenters. The summed E-state index contributed by atoms with van der Waals surface area (Å²) in [7, 11) is 0. The van der Waals surface area contributed by atoms with Crippen molar-refractivity contribution in [3.05, 3.63) is 11.4 Å². The van der Waals surface area contributed by atoms with Gasteiger partial charge in [-0.1, -0.05) is 6.92 Å². The summed E-state index contributed by atoms with van der Waals surface area (Å²) < 4.78 is 19.4. The van der Waals surface area contributed by atoms with Crippen molar-refractivity contribution in [2.75, 3.05) is 26.3 Å². The fourth-order valence-electron chi connectivity index (χ4n) is 2.56. The fourth-order valence-corrected chi connectivity index (χ4v) is 2.56. The molecular weight excluding hydrogens is 247 g/mol. The van der Waals surface area contributed by atoms with Crippen LogP contribution in [-0.4, -0.2) is 55.7 Å². The number of nitrogens with two attached hydrogens (primary N) is 1. The first kappa shape index (κ1) is 14.3. The van der Waals surface area contributed by atoms with E-state index in [1.54, 1.807) is 0 Å². The van der Waals surface area contributed by atoms with Gasteiger partial charge in [0.25, 0.3) is 0 Å². The van der Waals surface area contributed by atoms with Crippen LogP contribution >= 0.6 is 0 Å². The van der Waals surface area contributed by atoms with Gasteiger partial charge in [-0.05, 0) is 12.8 Å². The van der Waals surface area contributed by atoms with E-state index in [2.05, 4.69) is 10.2 Å². The van der Waals surface area contributed by atoms with Gasteiger partial charge in [0.1, 0.15) is 6.17 Å². The number of allylic oxidation sites excluding steroid dienone is 2. The Morgan fingerprint density at radius 2 is 2.32 bits per heavy atom. The minimum atomic E-state index is -0.908. The van der Waals surface area contributed by atoms with Crippen LogP contribution in [0.1, 0.15) is 19.8 Å². The lowest BCUT2D eigenvalue weighted by Gasteiger charge is -2.43. The molecular formula is C13H23FN4O. The van der Waals surface area contributed by atoms with E-state index >= 15 is 0 Å². The smallest absolute Gasteiger partial charge is 0.133 e. The summed E-state index contributed by atoms with van der Waals surface area (Å²) >= 11 is 0. The Hall–Kier alpha value is -1.14. The molecule has 0 spiro atoms.